The summed E-state index contributed by atoms with van der Waals surface area (Å²) in [5.74, 6) is -0.269. The molecule has 1 atom stereocenters. The van der Waals surface area contributed by atoms with Crippen LogP contribution in [0.5, 0.6) is 0 Å². The lowest BCUT2D eigenvalue weighted by atomic mass is 9.78. The van der Waals surface area contributed by atoms with Gasteiger partial charge in [-0.25, -0.2) is 9.59 Å². The molecule has 5 rings (SSSR count). The Bertz CT molecular complexity index is 1180. The van der Waals surface area contributed by atoms with E-state index in [1.165, 1.54) is 0 Å². The maximum atomic E-state index is 13.0. The number of cyclic esters (lactones) is 1. The molecule has 166 valence electrons. The molecule has 3 aromatic carbocycles. The van der Waals surface area contributed by atoms with Crippen molar-refractivity contribution in [3.63, 3.8) is 0 Å². The number of amides is 2. The Kier molecular flexibility index (Phi) is 5.69. The minimum atomic E-state index is -0.909. The Morgan fingerprint density at radius 2 is 1.48 bits per heavy atom. The summed E-state index contributed by atoms with van der Waals surface area (Å²) in [6.45, 7) is 1.32. The van der Waals surface area contributed by atoms with E-state index < -0.39 is 5.60 Å². The standard InChI is InChI=1S/C28H26N2O3/c31-26-24-16-17-30(27(32)29-19-22-12-6-2-7-13-22)20-25(24)28(33-26,23-14-8-3-9-15-23)18-21-10-4-1-5-11-21/h1-15H,16-20H2,(H,29,32). The third kappa shape index (κ3) is 4.14. The van der Waals surface area contributed by atoms with Gasteiger partial charge in [-0.2, -0.15) is 0 Å². The summed E-state index contributed by atoms with van der Waals surface area (Å²) in [4.78, 5) is 27.8. The molecule has 1 unspecified atom stereocenters. The molecule has 2 aliphatic rings. The third-order valence-corrected chi connectivity index (χ3v) is 6.46. The maximum Gasteiger partial charge on any atom is 0.335 e. The van der Waals surface area contributed by atoms with Crippen LogP contribution in [0.3, 0.4) is 0 Å². The number of benzene rings is 3. The summed E-state index contributed by atoms with van der Waals surface area (Å²) < 4.78 is 6.17. The highest BCUT2D eigenvalue weighted by molar-refractivity contribution is 5.94. The number of carbonyl (C=O) groups excluding carboxylic acids is 2. The molecule has 3 aromatic rings. The molecular formula is C28H26N2O3. The minimum absolute atomic E-state index is 0.133. The second-order valence-corrected chi connectivity index (χ2v) is 8.52. The van der Waals surface area contributed by atoms with Gasteiger partial charge in [0.25, 0.3) is 0 Å². The minimum Gasteiger partial charge on any atom is -0.446 e. The van der Waals surface area contributed by atoms with Gasteiger partial charge in [0.1, 0.15) is 0 Å². The smallest absolute Gasteiger partial charge is 0.335 e. The van der Waals surface area contributed by atoms with Crippen LogP contribution in [0.4, 0.5) is 4.79 Å². The first-order valence-corrected chi connectivity index (χ1v) is 11.3. The van der Waals surface area contributed by atoms with E-state index in [0.29, 0.717) is 38.0 Å². The van der Waals surface area contributed by atoms with Gasteiger partial charge in [0, 0.05) is 42.8 Å². The van der Waals surface area contributed by atoms with Crippen LogP contribution in [0.1, 0.15) is 23.1 Å². The molecule has 5 heteroatoms. The largest absolute Gasteiger partial charge is 0.446 e. The highest BCUT2D eigenvalue weighted by Crippen LogP contribution is 2.46. The van der Waals surface area contributed by atoms with Crippen LogP contribution in [0.15, 0.2) is 102 Å². The van der Waals surface area contributed by atoms with Crippen molar-refractivity contribution in [3.05, 3.63) is 119 Å². The van der Waals surface area contributed by atoms with Gasteiger partial charge < -0.3 is 15.0 Å². The first-order chi connectivity index (χ1) is 16.2. The van der Waals surface area contributed by atoms with Crippen molar-refractivity contribution in [1.29, 1.82) is 0 Å². The van der Waals surface area contributed by atoms with Crippen LogP contribution in [-0.4, -0.2) is 30.0 Å². The Hall–Kier alpha value is -3.86. The van der Waals surface area contributed by atoms with Gasteiger partial charge in [-0.3, -0.25) is 0 Å². The van der Waals surface area contributed by atoms with Crippen LogP contribution in [0, 0.1) is 0 Å². The van der Waals surface area contributed by atoms with Crippen molar-refractivity contribution in [2.24, 2.45) is 0 Å². The van der Waals surface area contributed by atoms with E-state index in [9.17, 15) is 9.59 Å². The summed E-state index contributed by atoms with van der Waals surface area (Å²) >= 11 is 0. The third-order valence-electron chi connectivity index (χ3n) is 6.46. The molecule has 0 radical (unpaired) electrons. The molecule has 2 aliphatic heterocycles. The number of hydrogen-bond acceptors (Lipinski definition) is 3. The second-order valence-electron chi connectivity index (χ2n) is 8.52. The number of rotatable bonds is 5. The number of urea groups is 1. The Labute approximate surface area is 193 Å². The zero-order chi connectivity index (χ0) is 22.7. The number of carbonyl (C=O) groups is 2. The van der Waals surface area contributed by atoms with Crippen molar-refractivity contribution < 1.29 is 14.3 Å². The summed E-state index contributed by atoms with van der Waals surface area (Å²) in [5, 5.41) is 3.02. The number of hydrogen-bond donors (Lipinski definition) is 1. The van der Waals surface area contributed by atoms with E-state index >= 15 is 0 Å². The van der Waals surface area contributed by atoms with E-state index in [1.807, 2.05) is 91.0 Å². The lowest BCUT2D eigenvalue weighted by Crippen LogP contribution is -2.46. The molecule has 0 bridgehead atoms. The van der Waals surface area contributed by atoms with E-state index in [-0.39, 0.29) is 12.0 Å². The molecule has 0 saturated carbocycles. The van der Waals surface area contributed by atoms with Gasteiger partial charge in [0.15, 0.2) is 5.60 Å². The first kappa shape index (κ1) is 21.0. The molecule has 0 spiro atoms. The highest BCUT2D eigenvalue weighted by Gasteiger charge is 2.50. The van der Waals surface area contributed by atoms with Gasteiger partial charge in [0.2, 0.25) is 0 Å². The van der Waals surface area contributed by atoms with Crippen LogP contribution in [0.2, 0.25) is 0 Å². The molecule has 0 fully saturated rings. The molecule has 0 aromatic heterocycles. The summed E-state index contributed by atoms with van der Waals surface area (Å²) in [6.07, 6.45) is 1.03. The van der Waals surface area contributed by atoms with E-state index in [0.717, 1.165) is 22.3 Å². The fourth-order valence-corrected chi connectivity index (χ4v) is 4.77. The lowest BCUT2D eigenvalue weighted by molar-refractivity contribution is -0.147. The fraction of sp³-hybridized carbons (Fsp3) is 0.214. The monoisotopic (exact) mass is 438 g/mol. The zero-order valence-corrected chi connectivity index (χ0v) is 18.4. The average Bonchev–Trinajstić information content (AvgIpc) is 3.16. The Balaban J connectivity index is 1.44. The quantitative estimate of drug-likeness (QED) is 0.593. The molecule has 1 N–H and O–H groups in total. The number of esters is 1. The normalized spacial score (nSPS) is 19.8. The SMILES string of the molecule is O=C1OC(Cc2ccccc2)(c2ccccc2)C2=C1CCN(C(=O)NCc1ccccc1)C2. The van der Waals surface area contributed by atoms with Crippen LogP contribution >= 0.6 is 0 Å². The summed E-state index contributed by atoms with van der Waals surface area (Å²) in [5.41, 5.74) is 3.75. The molecular weight excluding hydrogens is 412 g/mol. The second kappa shape index (κ2) is 8.94. The van der Waals surface area contributed by atoms with E-state index in [4.69, 9.17) is 4.74 Å². The van der Waals surface area contributed by atoms with Crippen molar-refractivity contribution >= 4 is 12.0 Å². The molecule has 33 heavy (non-hydrogen) atoms. The van der Waals surface area contributed by atoms with Crippen LogP contribution in [0.25, 0.3) is 0 Å². The number of ether oxygens (including phenoxy) is 1. The first-order valence-electron chi connectivity index (χ1n) is 11.3. The van der Waals surface area contributed by atoms with Gasteiger partial charge in [0.05, 0.1) is 0 Å². The maximum absolute atomic E-state index is 13.0. The molecule has 0 saturated heterocycles. The lowest BCUT2D eigenvalue weighted by Gasteiger charge is -2.36. The Morgan fingerprint density at radius 1 is 0.879 bits per heavy atom. The molecule has 5 nitrogen and oxygen atoms in total. The number of nitrogens with one attached hydrogen (secondary N) is 1. The average molecular weight is 439 g/mol. The van der Waals surface area contributed by atoms with Gasteiger partial charge >= 0.3 is 12.0 Å². The molecule has 0 aliphatic carbocycles. The van der Waals surface area contributed by atoms with E-state index in [2.05, 4.69) is 5.32 Å². The van der Waals surface area contributed by atoms with Crippen molar-refractivity contribution in [3.8, 4) is 0 Å². The zero-order valence-electron chi connectivity index (χ0n) is 18.4. The van der Waals surface area contributed by atoms with Crippen molar-refractivity contribution in [2.45, 2.75) is 25.0 Å². The van der Waals surface area contributed by atoms with Gasteiger partial charge in [-0.05, 0) is 17.5 Å². The fourth-order valence-electron chi connectivity index (χ4n) is 4.77. The number of nitrogens with zero attached hydrogens (tertiary/aromatic N) is 1. The highest BCUT2D eigenvalue weighted by atomic mass is 16.6. The molecule has 2 heterocycles. The van der Waals surface area contributed by atoms with Crippen molar-refractivity contribution in [1.82, 2.24) is 10.2 Å². The summed E-state index contributed by atoms with van der Waals surface area (Å²) in [6, 6.07) is 29.6. The van der Waals surface area contributed by atoms with Crippen LogP contribution in [-0.2, 0) is 28.1 Å². The van der Waals surface area contributed by atoms with Crippen LogP contribution < -0.4 is 5.32 Å². The van der Waals surface area contributed by atoms with Crippen molar-refractivity contribution in [2.75, 3.05) is 13.1 Å². The summed E-state index contributed by atoms with van der Waals surface area (Å²) in [7, 11) is 0. The predicted molar refractivity (Wildman–Crippen MR) is 126 cm³/mol. The van der Waals surface area contributed by atoms with Gasteiger partial charge in [-0.1, -0.05) is 91.0 Å². The van der Waals surface area contributed by atoms with E-state index in [1.54, 1.807) is 4.90 Å². The topological polar surface area (TPSA) is 58.6 Å². The molecule has 2 amide bonds. The van der Waals surface area contributed by atoms with Gasteiger partial charge in [-0.15, -0.1) is 0 Å². The predicted octanol–water partition coefficient (Wildman–Crippen LogP) is 4.59. The Morgan fingerprint density at radius 3 is 2.15 bits per heavy atom.